The summed E-state index contributed by atoms with van der Waals surface area (Å²) in [6, 6.07) is 20.5. The first kappa shape index (κ1) is 30.9. The number of nitrogens with one attached hydrogen (secondary N) is 2. The first-order valence-corrected chi connectivity index (χ1v) is 15.8. The number of hydrogen-bond donors (Lipinski definition) is 2. The number of pyridine rings is 1. The number of rotatable bonds is 2. The van der Waals surface area contributed by atoms with Gasteiger partial charge in [-0.15, -0.1) is 0 Å². The van der Waals surface area contributed by atoms with Gasteiger partial charge in [-0.25, -0.2) is 4.39 Å². The highest BCUT2D eigenvalue weighted by molar-refractivity contribution is 5.95. The molecule has 2 aliphatic heterocycles. The molecule has 6 bridgehead atoms. The third-order valence-electron chi connectivity index (χ3n) is 8.79. The van der Waals surface area contributed by atoms with Gasteiger partial charge in [0.25, 0.3) is 11.8 Å². The van der Waals surface area contributed by atoms with Crippen molar-refractivity contribution in [2.75, 3.05) is 19.7 Å². The van der Waals surface area contributed by atoms with Crippen LogP contribution < -0.4 is 20.1 Å². The fourth-order valence-electron chi connectivity index (χ4n) is 6.38. The molecule has 0 radical (unpaired) electrons. The van der Waals surface area contributed by atoms with Gasteiger partial charge in [-0.1, -0.05) is 30.3 Å². The lowest BCUT2D eigenvalue weighted by Crippen LogP contribution is -2.58. The lowest BCUT2D eigenvalue weighted by molar-refractivity contribution is -0.133. The molecule has 4 heterocycles. The zero-order valence-electron chi connectivity index (χ0n) is 26.3. The van der Waals surface area contributed by atoms with Crippen LogP contribution >= 0.6 is 0 Å². The van der Waals surface area contributed by atoms with Crippen molar-refractivity contribution in [3.63, 3.8) is 0 Å². The number of halogens is 1. The Kier molecular flexibility index (Phi) is 8.49. The molecule has 5 aromatic rings. The van der Waals surface area contributed by atoms with Gasteiger partial charge in [0, 0.05) is 74.2 Å². The largest absolute Gasteiger partial charge is 0.488 e. The first-order chi connectivity index (χ1) is 23.3. The second-order valence-electron chi connectivity index (χ2n) is 12.2. The topological polar surface area (TPSA) is 115 Å². The molecule has 2 aromatic heterocycles. The van der Waals surface area contributed by atoms with E-state index in [1.54, 1.807) is 41.4 Å². The predicted molar refractivity (Wildman–Crippen MR) is 177 cm³/mol. The van der Waals surface area contributed by atoms with Gasteiger partial charge in [-0.2, -0.15) is 0 Å². The van der Waals surface area contributed by atoms with Crippen molar-refractivity contribution < 1.29 is 28.2 Å². The maximum Gasteiger partial charge on any atom is 0.258 e. The number of amides is 3. The van der Waals surface area contributed by atoms with Crippen molar-refractivity contribution in [1.82, 2.24) is 25.1 Å². The van der Waals surface area contributed by atoms with Gasteiger partial charge in [-0.3, -0.25) is 19.4 Å². The van der Waals surface area contributed by atoms with E-state index in [1.807, 2.05) is 48.1 Å². The van der Waals surface area contributed by atoms with Crippen LogP contribution in [-0.4, -0.2) is 64.0 Å². The van der Waals surface area contributed by atoms with Crippen LogP contribution in [-0.2, 0) is 29.6 Å². The average molecular weight is 648 g/mol. The summed E-state index contributed by atoms with van der Waals surface area (Å²) in [7, 11) is 1.96. The first-order valence-electron chi connectivity index (χ1n) is 15.8. The standard InChI is InChI=1S/C37H34FN5O5/c1-42-20-27(31-7-2-3-8-33(31)42)15-36(45)43-10-9-34-32(21-43)41-37(46)26-13-25(18-39-19-26)24-5-4-6-29(14-24)47-22-35(44)40-17-23-11-28(38)16-30(12-23)48-34/h2-8,11-14,16,18-20,32,34H,9-10,15,17,21-22H2,1H3,(H,40,44)(H,41,46)/t32-,34+/m1/s1. The van der Waals surface area contributed by atoms with Gasteiger partial charge >= 0.3 is 0 Å². The molecule has 0 aliphatic carbocycles. The molecule has 244 valence electrons. The van der Waals surface area contributed by atoms with Crippen LogP contribution in [0.3, 0.4) is 0 Å². The lowest BCUT2D eigenvalue weighted by atomic mass is 9.99. The number of hydrogen-bond acceptors (Lipinski definition) is 6. The molecular weight excluding hydrogens is 613 g/mol. The van der Waals surface area contributed by atoms with Gasteiger partial charge in [0.2, 0.25) is 5.91 Å². The SMILES string of the molecule is Cn1cc(CC(=O)N2CC[C@@H]3Oc4cc(F)cc(c4)CNC(=O)COc4cccc(c4)-c4cncc(c4)C(=O)N[C@@H]3C2)c2ccccc21. The molecule has 0 unspecified atom stereocenters. The molecule has 1 saturated heterocycles. The summed E-state index contributed by atoms with van der Waals surface area (Å²) in [6.45, 7) is 0.425. The van der Waals surface area contributed by atoms with E-state index in [2.05, 4.69) is 15.6 Å². The van der Waals surface area contributed by atoms with Crippen molar-refractivity contribution >= 4 is 28.6 Å². The Bertz CT molecular complexity index is 2030. The van der Waals surface area contributed by atoms with Crippen LogP contribution in [0.2, 0.25) is 0 Å². The number of piperidine rings is 1. The number of aromatic nitrogens is 2. The van der Waals surface area contributed by atoms with E-state index in [0.29, 0.717) is 35.4 Å². The zero-order valence-corrected chi connectivity index (χ0v) is 26.3. The summed E-state index contributed by atoms with van der Waals surface area (Å²) in [5.74, 6) is -0.621. The summed E-state index contributed by atoms with van der Waals surface area (Å²) in [4.78, 5) is 46.1. The highest BCUT2D eigenvalue weighted by Gasteiger charge is 2.35. The van der Waals surface area contributed by atoms with Gasteiger partial charge < -0.3 is 29.6 Å². The van der Waals surface area contributed by atoms with Crippen LogP contribution in [0.25, 0.3) is 22.0 Å². The van der Waals surface area contributed by atoms with E-state index < -0.39 is 18.0 Å². The summed E-state index contributed by atoms with van der Waals surface area (Å²) in [5.41, 5.74) is 4.24. The van der Waals surface area contributed by atoms with E-state index in [0.717, 1.165) is 22.0 Å². The molecular formula is C37H34FN5O5. The van der Waals surface area contributed by atoms with Crippen molar-refractivity contribution in [3.05, 3.63) is 114 Å². The van der Waals surface area contributed by atoms with E-state index in [1.165, 1.54) is 18.3 Å². The fourth-order valence-corrected chi connectivity index (χ4v) is 6.38. The molecule has 11 heteroatoms. The Morgan fingerprint density at radius 1 is 0.979 bits per heavy atom. The van der Waals surface area contributed by atoms with Crippen molar-refractivity contribution in [2.24, 2.45) is 7.05 Å². The van der Waals surface area contributed by atoms with E-state index in [-0.39, 0.29) is 49.6 Å². The number of carbonyl (C=O) groups is 3. The second kappa shape index (κ2) is 13.2. The smallest absolute Gasteiger partial charge is 0.258 e. The molecule has 2 N–H and O–H groups in total. The van der Waals surface area contributed by atoms with Gasteiger partial charge in [0.1, 0.15) is 23.4 Å². The number of carbonyl (C=O) groups excluding carboxylic acids is 3. The molecule has 3 aromatic carbocycles. The van der Waals surface area contributed by atoms with Crippen molar-refractivity contribution in [2.45, 2.75) is 31.5 Å². The van der Waals surface area contributed by atoms with E-state index in [4.69, 9.17) is 9.47 Å². The number of likely N-dealkylation sites (tertiary alicyclic amines) is 1. The summed E-state index contributed by atoms with van der Waals surface area (Å²) >= 11 is 0. The second-order valence-corrected chi connectivity index (χ2v) is 12.2. The Balaban J connectivity index is 1.19. The van der Waals surface area contributed by atoms with Crippen LogP contribution in [0.4, 0.5) is 4.39 Å². The predicted octanol–water partition coefficient (Wildman–Crippen LogP) is 4.41. The van der Waals surface area contributed by atoms with Gasteiger partial charge in [0.15, 0.2) is 6.61 Å². The summed E-state index contributed by atoms with van der Waals surface area (Å²) in [5, 5.41) is 6.86. The quantitative estimate of drug-likeness (QED) is 0.294. The number of para-hydroxylation sites is 1. The molecule has 10 nitrogen and oxygen atoms in total. The molecule has 48 heavy (non-hydrogen) atoms. The Morgan fingerprint density at radius 3 is 2.73 bits per heavy atom. The van der Waals surface area contributed by atoms with Crippen molar-refractivity contribution in [1.29, 1.82) is 0 Å². The number of fused-ring (bicyclic) bond motifs is 9. The lowest BCUT2D eigenvalue weighted by Gasteiger charge is -2.39. The molecule has 0 saturated carbocycles. The Hall–Kier alpha value is -5.71. The van der Waals surface area contributed by atoms with E-state index >= 15 is 0 Å². The van der Waals surface area contributed by atoms with Crippen LogP contribution in [0.15, 0.2) is 91.4 Å². The van der Waals surface area contributed by atoms with Crippen LogP contribution in [0.1, 0.15) is 27.9 Å². The Labute approximate surface area is 276 Å². The summed E-state index contributed by atoms with van der Waals surface area (Å²) < 4.78 is 28.8. The molecule has 2 aliphatic rings. The van der Waals surface area contributed by atoms with Gasteiger partial charge in [-0.05, 0) is 53.1 Å². The minimum absolute atomic E-state index is 0.0646. The minimum Gasteiger partial charge on any atom is -0.488 e. The van der Waals surface area contributed by atoms with Crippen LogP contribution in [0.5, 0.6) is 11.5 Å². The van der Waals surface area contributed by atoms with E-state index in [9.17, 15) is 18.8 Å². The molecule has 2 atom stereocenters. The number of aryl methyl sites for hydroxylation is 1. The number of ether oxygens (including phenoxy) is 2. The average Bonchev–Trinajstić information content (AvgIpc) is 3.41. The minimum atomic E-state index is -0.614. The molecule has 3 amide bonds. The highest BCUT2D eigenvalue weighted by Crippen LogP contribution is 2.27. The number of benzene rings is 3. The zero-order chi connectivity index (χ0) is 33.2. The normalized spacial score (nSPS) is 18.2. The highest BCUT2D eigenvalue weighted by atomic mass is 19.1. The van der Waals surface area contributed by atoms with Crippen molar-refractivity contribution in [3.8, 4) is 22.6 Å². The fraction of sp³-hybridized carbons (Fsp3) is 0.243. The maximum atomic E-state index is 14.7. The van der Waals surface area contributed by atoms with Gasteiger partial charge in [0.05, 0.1) is 18.0 Å². The third-order valence-corrected chi connectivity index (χ3v) is 8.79. The third kappa shape index (κ3) is 6.71. The Morgan fingerprint density at radius 2 is 1.83 bits per heavy atom. The molecule has 0 spiro atoms. The maximum absolute atomic E-state index is 14.7. The van der Waals surface area contributed by atoms with Crippen LogP contribution in [0, 0.1) is 5.82 Å². The number of nitrogens with zero attached hydrogens (tertiary/aromatic N) is 3. The summed E-state index contributed by atoms with van der Waals surface area (Å²) in [6.07, 6.45) is 5.14. The molecule has 7 rings (SSSR count). The molecule has 1 fully saturated rings. The monoisotopic (exact) mass is 647 g/mol.